The maximum atomic E-state index is 11.6. The number of nitrogens with one attached hydrogen (secondary N) is 1. The molecular formula is C13H20N2O2. The molecule has 0 radical (unpaired) electrons. The van der Waals surface area contributed by atoms with Gasteiger partial charge in [-0.25, -0.2) is 4.79 Å². The minimum Gasteiger partial charge on any atom is -0.393 e. The lowest BCUT2D eigenvalue weighted by Gasteiger charge is -2.21. The average Bonchev–Trinajstić information content (AvgIpc) is 2.74. The molecule has 17 heavy (non-hydrogen) atoms. The van der Waals surface area contributed by atoms with E-state index in [9.17, 15) is 4.79 Å². The number of ether oxygens (including phenoxy) is 1. The fourth-order valence-electron chi connectivity index (χ4n) is 2.30. The predicted molar refractivity (Wildman–Crippen MR) is 66.0 cm³/mol. The van der Waals surface area contributed by atoms with Gasteiger partial charge in [0.05, 0.1) is 0 Å². The van der Waals surface area contributed by atoms with Crippen molar-refractivity contribution in [3.8, 4) is 5.88 Å². The molecule has 4 nitrogen and oxygen atoms in total. The standard InChI is InChI=1S/C13H20N2O2/c1-15-9-5-8-12(15)17-13(16)14-10-11-6-3-2-4-7-11/h5,8-9,11H,2-4,6-7,10H2,1H3,(H,14,16). The highest BCUT2D eigenvalue weighted by Crippen LogP contribution is 2.22. The van der Waals surface area contributed by atoms with E-state index in [1.54, 1.807) is 10.6 Å². The van der Waals surface area contributed by atoms with Gasteiger partial charge in [0.2, 0.25) is 5.88 Å². The molecule has 1 saturated carbocycles. The van der Waals surface area contributed by atoms with Crippen molar-refractivity contribution < 1.29 is 9.53 Å². The summed E-state index contributed by atoms with van der Waals surface area (Å²) in [4.78, 5) is 11.6. The summed E-state index contributed by atoms with van der Waals surface area (Å²) in [7, 11) is 1.85. The van der Waals surface area contributed by atoms with Crippen molar-refractivity contribution >= 4 is 6.09 Å². The summed E-state index contributed by atoms with van der Waals surface area (Å²) in [6.07, 6.45) is 7.87. The minimum absolute atomic E-state index is 0.350. The number of amides is 1. The number of nitrogens with zero attached hydrogens (tertiary/aromatic N) is 1. The summed E-state index contributed by atoms with van der Waals surface area (Å²) in [5.41, 5.74) is 0. The normalized spacial score (nSPS) is 16.8. The number of aromatic nitrogens is 1. The van der Waals surface area contributed by atoms with Gasteiger partial charge in [-0.2, -0.15) is 0 Å². The van der Waals surface area contributed by atoms with Crippen LogP contribution >= 0.6 is 0 Å². The van der Waals surface area contributed by atoms with Crippen molar-refractivity contribution in [1.29, 1.82) is 0 Å². The maximum Gasteiger partial charge on any atom is 0.413 e. The Hall–Kier alpha value is -1.45. The molecule has 1 heterocycles. The molecule has 2 rings (SSSR count). The average molecular weight is 236 g/mol. The Labute approximate surface area is 102 Å². The Balaban J connectivity index is 1.72. The lowest BCUT2D eigenvalue weighted by atomic mass is 9.89. The van der Waals surface area contributed by atoms with E-state index in [0.717, 1.165) is 6.54 Å². The van der Waals surface area contributed by atoms with Crippen LogP contribution in [-0.4, -0.2) is 17.2 Å². The second kappa shape index (κ2) is 5.75. The van der Waals surface area contributed by atoms with Crippen LogP contribution in [0.3, 0.4) is 0 Å². The molecule has 1 N–H and O–H groups in total. The van der Waals surface area contributed by atoms with Gasteiger partial charge in [0.15, 0.2) is 0 Å². The van der Waals surface area contributed by atoms with Gasteiger partial charge in [0.25, 0.3) is 0 Å². The Morgan fingerprint density at radius 1 is 1.47 bits per heavy atom. The molecule has 1 aliphatic rings. The van der Waals surface area contributed by atoms with Gasteiger partial charge in [-0.3, -0.25) is 0 Å². The van der Waals surface area contributed by atoms with Crippen molar-refractivity contribution in [2.45, 2.75) is 32.1 Å². The van der Waals surface area contributed by atoms with Crippen LogP contribution in [0, 0.1) is 5.92 Å². The third-order valence-corrected chi connectivity index (χ3v) is 3.35. The minimum atomic E-state index is -0.350. The summed E-state index contributed by atoms with van der Waals surface area (Å²) >= 11 is 0. The van der Waals surface area contributed by atoms with Crippen LogP contribution < -0.4 is 10.1 Å². The van der Waals surface area contributed by atoms with Gasteiger partial charge in [-0.1, -0.05) is 19.3 Å². The number of hydrogen-bond acceptors (Lipinski definition) is 2. The van der Waals surface area contributed by atoms with Crippen LogP contribution in [0.15, 0.2) is 18.3 Å². The van der Waals surface area contributed by atoms with Gasteiger partial charge in [0.1, 0.15) is 0 Å². The quantitative estimate of drug-likeness (QED) is 0.876. The van der Waals surface area contributed by atoms with E-state index in [2.05, 4.69) is 5.32 Å². The van der Waals surface area contributed by atoms with E-state index in [4.69, 9.17) is 4.74 Å². The molecule has 0 unspecified atom stereocenters. The van der Waals surface area contributed by atoms with Crippen LogP contribution in [0.5, 0.6) is 5.88 Å². The second-order valence-corrected chi connectivity index (χ2v) is 4.73. The van der Waals surface area contributed by atoms with Gasteiger partial charge < -0.3 is 14.6 Å². The molecule has 1 aromatic rings. The zero-order chi connectivity index (χ0) is 12.1. The van der Waals surface area contributed by atoms with Gasteiger partial charge in [0, 0.05) is 25.9 Å². The lowest BCUT2D eigenvalue weighted by molar-refractivity contribution is 0.193. The highest BCUT2D eigenvalue weighted by atomic mass is 16.6. The van der Waals surface area contributed by atoms with Crippen LogP contribution in [0.4, 0.5) is 4.79 Å². The monoisotopic (exact) mass is 236 g/mol. The Kier molecular flexibility index (Phi) is 4.07. The van der Waals surface area contributed by atoms with E-state index in [1.807, 2.05) is 19.3 Å². The molecule has 4 heteroatoms. The highest BCUT2D eigenvalue weighted by molar-refractivity contribution is 5.69. The van der Waals surface area contributed by atoms with Crippen LogP contribution in [0.2, 0.25) is 0 Å². The first-order valence-corrected chi connectivity index (χ1v) is 6.33. The molecular weight excluding hydrogens is 216 g/mol. The van der Waals surface area contributed by atoms with E-state index >= 15 is 0 Å². The summed E-state index contributed by atoms with van der Waals surface area (Å²) in [5, 5.41) is 2.84. The fourth-order valence-corrected chi connectivity index (χ4v) is 2.30. The molecule has 0 aliphatic heterocycles. The first-order valence-electron chi connectivity index (χ1n) is 6.33. The summed E-state index contributed by atoms with van der Waals surface area (Å²) in [5.74, 6) is 1.20. The molecule has 0 spiro atoms. The molecule has 0 atom stereocenters. The van der Waals surface area contributed by atoms with Crippen LogP contribution in [0.1, 0.15) is 32.1 Å². The zero-order valence-corrected chi connectivity index (χ0v) is 10.3. The topological polar surface area (TPSA) is 43.3 Å². The molecule has 0 aromatic carbocycles. The van der Waals surface area contributed by atoms with Gasteiger partial charge in [-0.15, -0.1) is 0 Å². The van der Waals surface area contributed by atoms with E-state index in [1.165, 1.54) is 32.1 Å². The fraction of sp³-hybridized carbons (Fsp3) is 0.615. The van der Waals surface area contributed by atoms with Crippen molar-refractivity contribution in [2.24, 2.45) is 13.0 Å². The van der Waals surface area contributed by atoms with E-state index in [-0.39, 0.29) is 6.09 Å². The second-order valence-electron chi connectivity index (χ2n) is 4.73. The Morgan fingerprint density at radius 2 is 2.24 bits per heavy atom. The first-order chi connectivity index (χ1) is 8.25. The largest absolute Gasteiger partial charge is 0.413 e. The summed E-state index contributed by atoms with van der Waals surface area (Å²) in [6, 6.07) is 3.63. The van der Waals surface area contributed by atoms with Crippen LogP contribution in [-0.2, 0) is 7.05 Å². The molecule has 1 aromatic heterocycles. The SMILES string of the molecule is Cn1cccc1OC(=O)NCC1CCCCC1. The van der Waals surface area contributed by atoms with Crippen molar-refractivity contribution in [3.05, 3.63) is 18.3 Å². The molecule has 1 aliphatic carbocycles. The summed E-state index contributed by atoms with van der Waals surface area (Å²) < 4.78 is 6.97. The molecule has 0 bridgehead atoms. The van der Waals surface area contributed by atoms with Gasteiger partial charge >= 0.3 is 6.09 Å². The number of carbonyl (C=O) groups excluding carboxylic acids is 1. The van der Waals surface area contributed by atoms with Crippen molar-refractivity contribution in [1.82, 2.24) is 9.88 Å². The number of rotatable bonds is 3. The van der Waals surface area contributed by atoms with E-state index < -0.39 is 0 Å². The van der Waals surface area contributed by atoms with Gasteiger partial charge in [-0.05, 0) is 24.8 Å². The smallest absolute Gasteiger partial charge is 0.393 e. The maximum absolute atomic E-state index is 11.6. The van der Waals surface area contributed by atoms with Crippen molar-refractivity contribution in [3.63, 3.8) is 0 Å². The Morgan fingerprint density at radius 3 is 2.88 bits per heavy atom. The molecule has 1 fully saturated rings. The van der Waals surface area contributed by atoms with Crippen molar-refractivity contribution in [2.75, 3.05) is 6.54 Å². The highest BCUT2D eigenvalue weighted by Gasteiger charge is 2.15. The third-order valence-electron chi connectivity index (χ3n) is 3.35. The summed E-state index contributed by atoms with van der Waals surface area (Å²) in [6.45, 7) is 0.739. The molecule has 0 saturated heterocycles. The molecule has 94 valence electrons. The van der Waals surface area contributed by atoms with E-state index in [0.29, 0.717) is 11.8 Å². The Bertz CT molecular complexity index is 367. The third kappa shape index (κ3) is 3.51. The first kappa shape index (κ1) is 12.0. The molecule has 1 amide bonds. The predicted octanol–water partition coefficient (Wildman–Crippen LogP) is 2.69. The number of carbonyl (C=O) groups is 1. The van der Waals surface area contributed by atoms with Crippen LogP contribution in [0.25, 0.3) is 0 Å². The number of hydrogen-bond donors (Lipinski definition) is 1. The zero-order valence-electron chi connectivity index (χ0n) is 10.3. The number of aryl methyl sites for hydroxylation is 1. The lowest BCUT2D eigenvalue weighted by Crippen LogP contribution is -2.32.